The fraction of sp³-hybridized carbons (Fsp3) is 0.0857. The largest absolute Gasteiger partial charge is 0.507 e. The van der Waals surface area contributed by atoms with Crippen molar-refractivity contribution in [3.05, 3.63) is 127 Å². The Hall–Kier alpha value is -5.66. The van der Waals surface area contributed by atoms with Crippen LogP contribution in [0.25, 0.3) is 33.6 Å². The molecule has 0 saturated carbocycles. The summed E-state index contributed by atoms with van der Waals surface area (Å²) in [4.78, 5) is 0.0809. The molecule has 2 N–H and O–H groups in total. The molecule has 7 aromatic rings. The fourth-order valence-electron chi connectivity index (χ4n) is 5.16. The smallest absolute Gasteiger partial charge is 0.261 e. The topological polar surface area (TPSA) is 145 Å². The Morgan fingerprint density at radius 2 is 1.62 bits per heavy atom. The molecule has 0 saturated heterocycles. The lowest BCUT2D eigenvalue weighted by molar-refractivity contribution is 0.415. The van der Waals surface area contributed by atoms with Crippen LogP contribution >= 0.6 is 11.8 Å². The zero-order chi connectivity index (χ0) is 33.1. The summed E-state index contributed by atoms with van der Waals surface area (Å²) in [6.07, 6.45) is 0. The van der Waals surface area contributed by atoms with Crippen molar-refractivity contribution >= 4 is 38.2 Å². The van der Waals surface area contributed by atoms with Crippen LogP contribution in [-0.2, 0) is 22.3 Å². The molecule has 0 aliphatic rings. The lowest BCUT2D eigenvalue weighted by Crippen LogP contribution is -2.13. The van der Waals surface area contributed by atoms with Crippen LogP contribution in [0.15, 0.2) is 130 Å². The van der Waals surface area contributed by atoms with Crippen LogP contribution < -0.4 is 9.46 Å². The van der Waals surface area contributed by atoms with Gasteiger partial charge in [-0.15, -0.1) is 20.4 Å². The van der Waals surface area contributed by atoms with Crippen LogP contribution in [0.4, 0.5) is 5.69 Å². The van der Waals surface area contributed by atoms with Gasteiger partial charge in [-0.2, -0.15) is 0 Å². The molecule has 0 spiro atoms. The van der Waals surface area contributed by atoms with Gasteiger partial charge in [0.05, 0.1) is 24.3 Å². The number of phenols is 1. The molecule has 7 rings (SSSR count). The van der Waals surface area contributed by atoms with Gasteiger partial charge >= 0.3 is 0 Å². The average molecular weight is 677 g/mol. The number of rotatable bonds is 11. The molecule has 240 valence electrons. The molecule has 0 amide bonds. The Bertz CT molecular complexity index is 2320. The highest BCUT2D eigenvalue weighted by Gasteiger charge is 2.20. The van der Waals surface area contributed by atoms with E-state index in [0.29, 0.717) is 57.6 Å². The molecule has 2 aromatic heterocycles. The first-order valence-corrected chi connectivity index (χ1v) is 17.2. The van der Waals surface area contributed by atoms with Crippen molar-refractivity contribution in [3.63, 3.8) is 0 Å². The van der Waals surface area contributed by atoms with Crippen molar-refractivity contribution in [2.75, 3.05) is 11.8 Å². The van der Waals surface area contributed by atoms with Crippen LogP contribution in [0, 0.1) is 0 Å². The molecule has 0 atom stereocenters. The first kappa shape index (κ1) is 31.0. The third-order valence-electron chi connectivity index (χ3n) is 7.52. The molecule has 48 heavy (non-hydrogen) atoms. The highest BCUT2D eigenvalue weighted by molar-refractivity contribution is 7.98. The maximum absolute atomic E-state index is 13.3. The summed E-state index contributed by atoms with van der Waals surface area (Å²) in [7, 11) is -2.36. The van der Waals surface area contributed by atoms with Crippen molar-refractivity contribution in [2.45, 2.75) is 22.3 Å². The van der Waals surface area contributed by atoms with E-state index < -0.39 is 10.0 Å². The number of methoxy groups -OCH3 is 1. The van der Waals surface area contributed by atoms with E-state index in [0.717, 1.165) is 16.3 Å². The highest BCUT2D eigenvalue weighted by Crippen LogP contribution is 2.33. The number of hydrogen-bond acceptors (Lipinski definition) is 10. The van der Waals surface area contributed by atoms with Crippen molar-refractivity contribution in [3.8, 4) is 34.3 Å². The maximum Gasteiger partial charge on any atom is 0.261 e. The van der Waals surface area contributed by atoms with E-state index in [-0.39, 0.29) is 10.6 Å². The molecule has 0 bridgehead atoms. The third kappa shape index (κ3) is 6.59. The van der Waals surface area contributed by atoms with Gasteiger partial charge in [0, 0.05) is 22.2 Å². The second-order valence-corrected chi connectivity index (χ2v) is 13.4. The Labute approximate surface area is 280 Å². The van der Waals surface area contributed by atoms with E-state index in [2.05, 4.69) is 25.1 Å². The first-order valence-electron chi connectivity index (χ1n) is 14.8. The number of phenolic OH excluding ortho intramolecular Hbond substituents is 1. The van der Waals surface area contributed by atoms with Gasteiger partial charge in [-0.3, -0.25) is 9.29 Å². The minimum absolute atomic E-state index is 0.0809. The van der Waals surface area contributed by atoms with Gasteiger partial charge in [0.2, 0.25) is 11.8 Å². The summed E-state index contributed by atoms with van der Waals surface area (Å²) in [5, 5.41) is 30.1. The third-order valence-corrected chi connectivity index (χ3v) is 9.85. The highest BCUT2D eigenvalue weighted by atomic mass is 32.2. The number of sulfonamides is 1. The van der Waals surface area contributed by atoms with Gasteiger partial charge in [0.15, 0.2) is 11.0 Å². The standard InChI is InChI=1S/C35H28N6O5S2/c1-45-28-16-14-27(15-17-28)40-48(43,44)29-12-7-11-25(19-29)33-37-39-35(41(33)21-23-8-3-2-4-9-23)47-22-32-36-38-34(46-32)26-18-24-10-5-6-13-30(24)31(42)20-26/h2-20,40,42H,21-22H2,1H3. The van der Waals surface area contributed by atoms with Gasteiger partial charge in [-0.1, -0.05) is 78.5 Å². The molecule has 11 nitrogen and oxygen atoms in total. The van der Waals surface area contributed by atoms with Gasteiger partial charge in [0.1, 0.15) is 11.5 Å². The lowest BCUT2D eigenvalue weighted by Gasteiger charge is -2.12. The summed E-state index contributed by atoms with van der Waals surface area (Å²) < 4.78 is 42.4. The van der Waals surface area contributed by atoms with Crippen LogP contribution in [0.5, 0.6) is 11.5 Å². The number of aromatic nitrogens is 5. The number of hydrogen-bond donors (Lipinski definition) is 2. The van der Waals surface area contributed by atoms with E-state index in [4.69, 9.17) is 9.15 Å². The molecule has 0 aliphatic carbocycles. The number of thioether (sulfide) groups is 1. The molecule has 13 heteroatoms. The molecule has 0 fully saturated rings. The fourth-order valence-corrected chi connectivity index (χ4v) is 7.04. The Kier molecular flexibility index (Phi) is 8.53. The van der Waals surface area contributed by atoms with E-state index in [1.54, 1.807) is 55.6 Å². The van der Waals surface area contributed by atoms with Crippen molar-refractivity contribution < 1.29 is 22.7 Å². The monoisotopic (exact) mass is 676 g/mol. The van der Waals surface area contributed by atoms with E-state index in [1.165, 1.54) is 17.8 Å². The molecule has 0 radical (unpaired) electrons. The second kappa shape index (κ2) is 13.2. The van der Waals surface area contributed by atoms with Crippen molar-refractivity contribution in [2.24, 2.45) is 0 Å². The predicted molar refractivity (Wildman–Crippen MR) is 183 cm³/mol. The van der Waals surface area contributed by atoms with E-state index in [1.807, 2.05) is 65.2 Å². The van der Waals surface area contributed by atoms with Crippen LogP contribution in [0.3, 0.4) is 0 Å². The van der Waals surface area contributed by atoms with Crippen LogP contribution in [0.1, 0.15) is 11.5 Å². The normalized spacial score (nSPS) is 11.5. The molecule has 2 heterocycles. The van der Waals surface area contributed by atoms with Crippen LogP contribution in [-0.4, -0.2) is 45.6 Å². The van der Waals surface area contributed by atoms with Gasteiger partial charge in [-0.25, -0.2) is 8.42 Å². The van der Waals surface area contributed by atoms with Crippen molar-refractivity contribution in [1.29, 1.82) is 0 Å². The SMILES string of the molecule is COc1ccc(NS(=O)(=O)c2cccc(-c3nnc(SCc4nnc(-c5cc(O)c6ccccc6c5)o4)n3Cc3ccccc3)c2)cc1. The Balaban J connectivity index is 1.15. The molecule has 5 aromatic carbocycles. The average Bonchev–Trinajstić information content (AvgIpc) is 3.75. The summed E-state index contributed by atoms with van der Waals surface area (Å²) in [6.45, 7) is 0.442. The zero-order valence-electron chi connectivity index (χ0n) is 25.5. The van der Waals surface area contributed by atoms with E-state index in [9.17, 15) is 13.5 Å². The lowest BCUT2D eigenvalue weighted by atomic mass is 10.1. The maximum atomic E-state index is 13.3. The number of anilines is 1. The second-order valence-electron chi connectivity index (χ2n) is 10.7. The predicted octanol–water partition coefficient (Wildman–Crippen LogP) is 7.00. The van der Waals surface area contributed by atoms with Gasteiger partial charge < -0.3 is 14.3 Å². The number of benzene rings is 5. The minimum atomic E-state index is -3.91. The number of nitrogens with zero attached hydrogens (tertiary/aromatic N) is 5. The molecular weight excluding hydrogens is 649 g/mol. The molecule has 0 unspecified atom stereocenters. The van der Waals surface area contributed by atoms with E-state index >= 15 is 0 Å². The number of fused-ring (bicyclic) bond motifs is 1. The van der Waals surface area contributed by atoms with Crippen molar-refractivity contribution in [1.82, 2.24) is 25.0 Å². The Morgan fingerprint density at radius 3 is 2.44 bits per heavy atom. The summed E-state index contributed by atoms with van der Waals surface area (Å²) in [6, 6.07) is 34.1. The number of aromatic hydroxyl groups is 1. The van der Waals surface area contributed by atoms with Gasteiger partial charge in [0.25, 0.3) is 10.0 Å². The zero-order valence-corrected chi connectivity index (χ0v) is 27.1. The van der Waals surface area contributed by atoms with Crippen LogP contribution in [0.2, 0.25) is 0 Å². The molecular formula is C35H28N6O5S2. The molecule has 0 aliphatic heterocycles. The van der Waals surface area contributed by atoms with Gasteiger partial charge in [-0.05, 0) is 59.5 Å². The minimum Gasteiger partial charge on any atom is -0.507 e. The number of ether oxygens (including phenoxy) is 1. The summed E-state index contributed by atoms with van der Waals surface area (Å²) >= 11 is 1.37. The summed E-state index contributed by atoms with van der Waals surface area (Å²) in [5.41, 5.74) is 2.62. The first-order chi connectivity index (χ1) is 23.4. The quantitative estimate of drug-likeness (QED) is 0.137. The number of nitrogens with one attached hydrogen (secondary N) is 1. The summed E-state index contributed by atoms with van der Waals surface area (Å²) in [5.74, 6) is 2.22. The Morgan fingerprint density at radius 1 is 0.833 bits per heavy atom.